The van der Waals surface area contributed by atoms with Gasteiger partial charge in [0.15, 0.2) is 5.17 Å². The number of nitrogens with zero attached hydrogens (tertiary/aromatic N) is 3. The molecule has 0 radical (unpaired) electrons. The van der Waals surface area contributed by atoms with Crippen molar-refractivity contribution in [3.63, 3.8) is 0 Å². The lowest BCUT2D eigenvalue weighted by Gasteiger charge is -2.38. The first-order valence-electron chi connectivity index (χ1n) is 14.1. The Balaban J connectivity index is 1.48. The van der Waals surface area contributed by atoms with Crippen molar-refractivity contribution in [2.45, 2.75) is 46.1 Å². The topological polar surface area (TPSA) is 88.5 Å². The number of fused-ring (bicyclic) bond motifs is 1. The molecule has 2 aromatic carbocycles. The molecule has 5 rings (SSSR count). The molecule has 3 aliphatic heterocycles. The van der Waals surface area contributed by atoms with E-state index in [1.165, 1.54) is 11.8 Å². The van der Waals surface area contributed by atoms with Crippen LogP contribution in [0.25, 0.3) is 5.70 Å². The smallest absolute Gasteiger partial charge is 0.338 e. The van der Waals surface area contributed by atoms with E-state index in [2.05, 4.69) is 0 Å². The number of carbonyl (C=O) groups excluding carboxylic acids is 3. The fraction of sp³-hybridized carbons (Fsp3) is 0.375. The van der Waals surface area contributed by atoms with Gasteiger partial charge in [0.05, 0.1) is 42.9 Å². The lowest BCUT2D eigenvalue weighted by atomic mass is 9.89. The van der Waals surface area contributed by atoms with E-state index in [0.717, 1.165) is 22.4 Å². The van der Waals surface area contributed by atoms with Gasteiger partial charge >= 0.3 is 11.9 Å². The number of aryl methyl sites for hydroxylation is 1. The summed E-state index contributed by atoms with van der Waals surface area (Å²) in [6, 6.07) is 17.1. The number of esters is 2. The molecule has 1 unspecified atom stereocenters. The van der Waals surface area contributed by atoms with Crippen LogP contribution in [0.1, 0.15) is 55.8 Å². The Morgan fingerprint density at radius 2 is 1.63 bits per heavy atom. The quantitative estimate of drug-likeness (QED) is 0.388. The first-order chi connectivity index (χ1) is 19.9. The van der Waals surface area contributed by atoms with Crippen LogP contribution in [-0.2, 0) is 23.9 Å². The second-order valence-electron chi connectivity index (χ2n) is 10.2. The highest BCUT2D eigenvalue weighted by Crippen LogP contribution is 2.47. The van der Waals surface area contributed by atoms with Gasteiger partial charge in [0.2, 0.25) is 5.91 Å². The molecule has 1 amide bonds. The van der Waals surface area contributed by atoms with Crippen LogP contribution in [0.4, 0.5) is 0 Å². The van der Waals surface area contributed by atoms with E-state index in [4.69, 9.17) is 14.5 Å². The molecule has 3 aliphatic rings. The maximum Gasteiger partial charge on any atom is 0.338 e. The number of benzene rings is 2. The van der Waals surface area contributed by atoms with Crippen molar-refractivity contribution in [3.05, 3.63) is 88.0 Å². The summed E-state index contributed by atoms with van der Waals surface area (Å²) in [6.45, 7) is 7.24. The molecule has 8 nitrogen and oxygen atoms in total. The minimum absolute atomic E-state index is 0.0144. The summed E-state index contributed by atoms with van der Waals surface area (Å²) in [5.74, 6) is -0.789. The summed E-state index contributed by atoms with van der Waals surface area (Å²) in [5.41, 5.74) is 4.62. The molecule has 2 aromatic rings. The third kappa shape index (κ3) is 5.95. The van der Waals surface area contributed by atoms with Gasteiger partial charge in [-0.1, -0.05) is 66.4 Å². The van der Waals surface area contributed by atoms with Crippen LogP contribution in [-0.4, -0.2) is 59.1 Å². The van der Waals surface area contributed by atoms with Crippen LogP contribution in [0.3, 0.4) is 0 Å². The summed E-state index contributed by atoms with van der Waals surface area (Å²) < 4.78 is 10.8. The van der Waals surface area contributed by atoms with Crippen molar-refractivity contribution in [3.8, 4) is 0 Å². The Bertz CT molecular complexity index is 1410. The number of rotatable bonds is 8. The summed E-state index contributed by atoms with van der Waals surface area (Å²) in [7, 11) is 0. The zero-order valence-electron chi connectivity index (χ0n) is 23.7. The van der Waals surface area contributed by atoms with Gasteiger partial charge in [-0.25, -0.2) is 9.79 Å². The van der Waals surface area contributed by atoms with Crippen LogP contribution in [0.5, 0.6) is 0 Å². The molecule has 3 heterocycles. The number of thioether (sulfide) groups is 1. The molecule has 214 valence electrons. The highest BCUT2D eigenvalue weighted by molar-refractivity contribution is 8.16. The zero-order valence-corrected chi connectivity index (χ0v) is 24.5. The molecule has 9 heteroatoms. The van der Waals surface area contributed by atoms with Crippen LogP contribution in [0.2, 0.25) is 0 Å². The SMILES string of the molecule is CCOC(=O)C1=C(c2ccccc2)N=C2SC=C(CC(=O)N3CCC(C(=O)OCC)CC3)N2C1c1ccccc1C. The van der Waals surface area contributed by atoms with Crippen molar-refractivity contribution >= 4 is 40.5 Å². The lowest BCUT2D eigenvalue weighted by molar-refractivity contribution is -0.151. The number of likely N-dealkylation sites (tertiary alicyclic amines) is 1. The van der Waals surface area contributed by atoms with E-state index < -0.39 is 12.0 Å². The largest absolute Gasteiger partial charge is 0.466 e. The first-order valence-corrected chi connectivity index (χ1v) is 15.0. The molecule has 1 atom stereocenters. The maximum absolute atomic E-state index is 13.7. The fourth-order valence-corrected chi connectivity index (χ4v) is 6.49. The van der Waals surface area contributed by atoms with Gasteiger partial charge < -0.3 is 19.3 Å². The second-order valence-corrected chi connectivity index (χ2v) is 11.0. The average Bonchev–Trinajstić information content (AvgIpc) is 3.39. The number of aliphatic imine (C=N–C) groups is 1. The standard InChI is InChI=1S/C32H35N3O5S/c1-4-39-30(37)23-15-17-34(18-16-23)26(36)19-24-20-41-32-33-28(22-12-7-6-8-13-22)27(31(38)40-5-2)29(35(24)32)25-14-10-9-11-21(25)3/h6-14,20,23,29H,4-5,15-19H2,1-3H3. The Labute approximate surface area is 245 Å². The number of carbonyl (C=O) groups is 3. The number of piperidine rings is 1. The van der Waals surface area contributed by atoms with Gasteiger partial charge in [0, 0.05) is 24.4 Å². The number of ether oxygens (including phenoxy) is 2. The van der Waals surface area contributed by atoms with E-state index in [1.807, 2.05) is 76.7 Å². The predicted molar refractivity (Wildman–Crippen MR) is 159 cm³/mol. The van der Waals surface area contributed by atoms with Gasteiger partial charge in [0.1, 0.15) is 0 Å². The number of amidine groups is 1. The normalized spacial score (nSPS) is 19.0. The summed E-state index contributed by atoms with van der Waals surface area (Å²) in [5, 5.41) is 2.68. The van der Waals surface area contributed by atoms with E-state index in [-0.39, 0.29) is 30.8 Å². The molecule has 1 saturated heterocycles. The molecule has 0 aliphatic carbocycles. The summed E-state index contributed by atoms with van der Waals surface area (Å²) >= 11 is 1.46. The summed E-state index contributed by atoms with van der Waals surface area (Å²) in [4.78, 5) is 48.2. The Morgan fingerprint density at radius 1 is 0.951 bits per heavy atom. The average molecular weight is 574 g/mol. The van der Waals surface area contributed by atoms with Crippen molar-refractivity contribution in [2.75, 3.05) is 26.3 Å². The lowest BCUT2D eigenvalue weighted by Crippen LogP contribution is -2.42. The molecule has 0 saturated carbocycles. The highest BCUT2D eigenvalue weighted by Gasteiger charge is 2.43. The van der Waals surface area contributed by atoms with Crippen molar-refractivity contribution in [1.82, 2.24) is 9.80 Å². The van der Waals surface area contributed by atoms with Crippen LogP contribution in [0.15, 0.2) is 76.3 Å². The Hall–Kier alpha value is -3.85. The van der Waals surface area contributed by atoms with Gasteiger partial charge in [-0.3, -0.25) is 9.59 Å². The van der Waals surface area contributed by atoms with E-state index >= 15 is 0 Å². The highest BCUT2D eigenvalue weighted by atomic mass is 32.2. The monoisotopic (exact) mass is 573 g/mol. The predicted octanol–water partition coefficient (Wildman–Crippen LogP) is 5.46. The number of hydrogen-bond acceptors (Lipinski definition) is 8. The minimum atomic E-state index is -0.512. The maximum atomic E-state index is 13.7. The zero-order chi connectivity index (χ0) is 28.9. The number of amides is 1. The van der Waals surface area contributed by atoms with Crippen LogP contribution < -0.4 is 0 Å². The third-order valence-electron chi connectivity index (χ3n) is 7.64. The van der Waals surface area contributed by atoms with Gasteiger partial charge in [-0.15, -0.1) is 0 Å². The van der Waals surface area contributed by atoms with E-state index in [9.17, 15) is 14.4 Å². The molecule has 0 aromatic heterocycles. The first kappa shape index (κ1) is 28.7. The second kappa shape index (κ2) is 12.8. The van der Waals surface area contributed by atoms with Crippen LogP contribution in [0, 0.1) is 12.8 Å². The molecule has 0 bridgehead atoms. The minimum Gasteiger partial charge on any atom is -0.466 e. The van der Waals surface area contributed by atoms with Crippen LogP contribution >= 0.6 is 11.8 Å². The van der Waals surface area contributed by atoms with E-state index in [0.29, 0.717) is 49.0 Å². The molecule has 41 heavy (non-hydrogen) atoms. The fourth-order valence-electron chi connectivity index (χ4n) is 5.57. The van der Waals surface area contributed by atoms with Crippen molar-refractivity contribution in [2.24, 2.45) is 10.9 Å². The molecule has 0 spiro atoms. The van der Waals surface area contributed by atoms with Gasteiger partial charge in [-0.05, 0) is 50.1 Å². The van der Waals surface area contributed by atoms with Gasteiger partial charge in [-0.2, -0.15) is 0 Å². The Kier molecular flexibility index (Phi) is 8.93. The molecule has 1 fully saturated rings. The van der Waals surface area contributed by atoms with Gasteiger partial charge in [0.25, 0.3) is 0 Å². The molecular formula is C32H35N3O5S. The molecular weight excluding hydrogens is 538 g/mol. The Morgan fingerprint density at radius 3 is 2.32 bits per heavy atom. The molecule has 0 N–H and O–H groups in total. The number of hydrogen-bond donors (Lipinski definition) is 0. The van der Waals surface area contributed by atoms with Crippen molar-refractivity contribution < 1.29 is 23.9 Å². The third-order valence-corrected chi connectivity index (χ3v) is 8.52. The van der Waals surface area contributed by atoms with E-state index in [1.54, 1.807) is 13.8 Å². The van der Waals surface area contributed by atoms with Crippen molar-refractivity contribution in [1.29, 1.82) is 0 Å². The summed E-state index contributed by atoms with van der Waals surface area (Å²) in [6.07, 6.45) is 1.35.